The molecule has 2 rings (SSSR count). The molecule has 8 nitrogen and oxygen atoms in total. The van der Waals surface area contributed by atoms with E-state index < -0.39 is 16.0 Å². The predicted octanol–water partition coefficient (Wildman–Crippen LogP) is 0.644. The van der Waals surface area contributed by atoms with E-state index in [0.29, 0.717) is 5.69 Å². The smallest absolute Gasteiger partial charge is 0.356 e. The fraction of sp³-hybridized carbons (Fsp3) is 0.273. The van der Waals surface area contributed by atoms with Crippen LogP contribution >= 0.6 is 0 Å². The van der Waals surface area contributed by atoms with Gasteiger partial charge in [-0.2, -0.15) is 8.42 Å². The molecule has 0 atom stereocenters. The lowest BCUT2D eigenvalue weighted by molar-refractivity contribution is 0.0596. The van der Waals surface area contributed by atoms with Crippen molar-refractivity contribution in [2.45, 2.75) is 11.9 Å². The molecule has 2 heterocycles. The third kappa shape index (κ3) is 2.67. The van der Waals surface area contributed by atoms with Crippen molar-refractivity contribution >= 4 is 21.7 Å². The van der Waals surface area contributed by atoms with E-state index in [-0.39, 0.29) is 16.4 Å². The highest BCUT2D eigenvalue weighted by Crippen LogP contribution is 2.21. The van der Waals surface area contributed by atoms with Crippen molar-refractivity contribution in [2.24, 2.45) is 7.05 Å². The van der Waals surface area contributed by atoms with Gasteiger partial charge < -0.3 is 14.3 Å². The minimum atomic E-state index is -3.85. The number of ether oxygens (including phenoxy) is 1. The van der Waals surface area contributed by atoms with E-state index in [0.717, 1.165) is 0 Å². The first-order valence-corrected chi connectivity index (χ1v) is 7.10. The molecular weight excluding hydrogens is 284 g/mol. The van der Waals surface area contributed by atoms with Crippen LogP contribution in [0.5, 0.6) is 0 Å². The molecule has 0 aliphatic carbocycles. The molecule has 0 aliphatic heterocycles. The van der Waals surface area contributed by atoms with Crippen molar-refractivity contribution in [1.82, 2.24) is 14.5 Å². The Morgan fingerprint density at radius 1 is 1.50 bits per heavy atom. The number of carbonyl (C=O) groups excluding carboxylic acids is 1. The molecule has 0 aromatic carbocycles. The van der Waals surface area contributed by atoms with Crippen LogP contribution in [0, 0.1) is 6.92 Å². The van der Waals surface area contributed by atoms with Crippen LogP contribution in [0.4, 0.5) is 5.69 Å². The molecule has 0 spiro atoms. The molecule has 2 aromatic rings. The van der Waals surface area contributed by atoms with Gasteiger partial charge >= 0.3 is 5.97 Å². The normalized spacial score (nSPS) is 11.3. The first-order chi connectivity index (χ1) is 9.33. The van der Waals surface area contributed by atoms with Crippen LogP contribution < -0.4 is 4.72 Å². The van der Waals surface area contributed by atoms with E-state index >= 15 is 0 Å². The third-order valence-electron chi connectivity index (χ3n) is 2.54. The average Bonchev–Trinajstić information content (AvgIpc) is 2.95. The highest BCUT2D eigenvalue weighted by molar-refractivity contribution is 7.92. The van der Waals surface area contributed by atoms with Gasteiger partial charge in [-0.05, 0) is 13.0 Å². The van der Waals surface area contributed by atoms with E-state index in [1.165, 1.54) is 30.3 Å². The summed E-state index contributed by atoms with van der Waals surface area (Å²) in [6, 6.07) is 1.51. The second-order valence-electron chi connectivity index (χ2n) is 4.22. The number of aromatic nitrogens is 3. The molecule has 0 unspecified atom stereocenters. The van der Waals surface area contributed by atoms with Gasteiger partial charge in [-0.15, -0.1) is 0 Å². The van der Waals surface area contributed by atoms with Gasteiger partial charge in [0.1, 0.15) is 5.69 Å². The molecule has 9 heteroatoms. The summed E-state index contributed by atoms with van der Waals surface area (Å²) in [6.45, 7) is 1.70. The molecular formula is C11H14N4O4S. The minimum Gasteiger partial charge on any atom is -0.464 e. The number of aryl methyl sites for hydroxylation is 2. The second kappa shape index (κ2) is 5.00. The molecule has 0 bridgehead atoms. The van der Waals surface area contributed by atoms with Gasteiger partial charge in [-0.25, -0.2) is 9.78 Å². The van der Waals surface area contributed by atoms with Crippen LogP contribution in [0.2, 0.25) is 0 Å². The maximum atomic E-state index is 12.1. The molecule has 20 heavy (non-hydrogen) atoms. The Bertz CT molecular complexity index is 744. The Labute approximate surface area is 115 Å². The minimum absolute atomic E-state index is 0.0458. The quantitative estimate of drug-likeness (QED) is 0.806. The summed E-state index contributed by atoms with van der Waals surface area (Å²) in [6.07, 6.45) is 2.73. The van der Waals surface area contributed by atoms with Crippen LogP contribution in [0.1, 0.15) is 16.2 Å². The van der Waals surface area contributed by atoms with Gasteiger partial charge in [0.05, 0.1) is 19.1 Å². The van der Waals surface area contributed by atoms with Crippen molar-refractivity contribution in [1.29, 1.82) is 0 Å². The van der Waals surface area contributed by atoms with Crippen molar-refractivity contribution in [3.05, 3.63) is 30.0 Å². The van der Waals surface area contributed by atoms with E-state index in [1.54, 1.807) is 14.0 Å². The highest BCUT2D eigenvalue weighted by Gasteiger charge is 2.22. The number of hydrogen-bond acceptors (Lipinski definition) is 5. The summed E-state index contributed by atoms with van der Waals surface area (Å²) in [5, 5.41) is -0.130. The van der Waals surface area contributed by atoms with E-state index in [2.05, 4.69) is 19.4 Å². The van der Waals surface area contributed by atoms with Crippen molar-refractivity contribution < 1.29 is 17.9 Å². The van der Waals surface area contributed by atoms with Crippen LogP contribution in [-0.4, -0.2) is 36.0 Å². The maximum absolute atomic E-state index is 12.1. The summed E-state index contributed by atoms with van der Waals surface area (Å²) in [7, 11) is -0.976. The Hall–Kier alpha value is -2.29. The number of hydrogen-bond donors (Lipinski definition) is 2. The first kappa shape index (κ1) is 14.1. The zero-order valence-corrected chi connectivity index (χ0v) is 12.0. The summed E-state index contributed by atoms with van der Waals surface area (Å²) < 4.78 is 32.7. The van der Waals surface area contributed by atoms with Gasteiger partial charge in [0.15, 0.2) is 5.03 Å². The number of sulfonamides is 1. The summed E-state index contributed by atoms with van der Waals surface area (Å²) in [4.78, 5) is 18.1. The number of esters is 1. The van der Waals surface area contributed by atoms with Gasteiger partial charge in [-0.3, -0.25) is 4.72 Å². The summed E-state index contributed by atoms with van der Waals surface area (Å²) in [5.74, 6) is -0.656. The maximum Gasteiger partial charge on any atom is 0.356 e. The number of nitrogens with zero attached hydrogens (tertiary/aromatic N) is 2. The van der Waals surface area contributed by atoms with Gasteiger partial charge in [0.2, 0.25) is 0 Å². The lowest BCUT2D eigenvalue weighted by atomic mass is 10.4. The number of carbonyl (C=O) groups is 1. The molecule has 0 saturated heterocycles. The first-order valence-electron chi connectivity index (χ1n) is 5.62. The molecule has 0 radical (unpaired) electrons. The molecule has 0 aliphatic rings. The number of anilines is 1. The number of nitrogens with one attached hydrogen (secondary N) is 2. The van der Waals surface area contributed by atoms with Crippen LogP contribution in [-0.2, 0) is 21.8 Å². The highest BCUT2D eigenvalue weighted by atomic mass is 32.2. The Kier molecular flexibility index (Phi) is 3.53. The molecule has 108 valence electrons. The predicted molar refractivity (Wildman–Crippen MR) is 70.9 cm³/mol. The number of H-pyrrole nitrogens is 1. The Balaban J connectivity index is 2.37. The number of aromatic amines is 1. The van der Waals surface area contributed by atoms with E-state index in [4.69, 9.17) is 0 Å². The monoisotopic (exact) mass is 298 g/mol. The van der Waals surface area contributed by atoms with Gasteiger partial charge in [0, 0.05) is 18.9 Å². The van der Waals surface area contributed by atoms with Gasteiger partial charge in [0.25, 0.3) is 10.0 Å². The average molecular weight is 298 g/mol. The molecule has 0 amide bonds. The molecule has 0 fully saturated rings. The number of rotatable bonds is 4. The van der Waals surface area contributed by atoms with Crippen molar-refractivity contribution in [3.8, 4) is 0 Å². The topological polar surface area (TPSA) is 106 Å². The van der Waals surface area contributed by atoms with Crippen molar-refractivity contribution in [3.63, 3.8) is 0 Å². The summed E-state index contributed by atoms with van der Waals surface area (Å²) >= 11 is 0. The molecule has 2 N–H and O–H groups in total. The SMILES string of the molecule is COC(=O)c1[nH]c(C)cc1NS(=O)(=O)c1cn(C)cn1. The number of imidazole rings is 1. The fourth-order valence-corrected chi connectivity index (χ4v) is 2.70. The number of methoxy groups -OCH3 is 1. The largest absolute Gasteiger partial charge is 0.464 e. The van der Waals surface area contributed by atoms with Crippen LogP contribution in [0.15, 0.2) is 23.6 Å². The standard InChI is InChI=1S/C11H14N4O4S/c1-7-4-8(10(13-7)11(16)19-3)14-20(17,18)9-5-15(2)6-12-9/h4-6,13-14H,1-3H3. The van der Waals surface area contributed by atoms with Crippen molar-refractivity contribution in [2.75, 3.05) is 11.8 Å². The lowest BCUT2D eigenvalue weighted by Gasteiger charge is -2.05. The Morgan fingerprint density at radius 3 is 2.75 bits per heavy atom. The lowest BCUT2D eigenvalue weighted by Crippen LogP contribution is -2.15. The van der Waals surface area contributed by atoms with E-state index in [9.17, 15) is 13.2 Å². The second-order valence-corrected chi connectivity index (χ2v) is 5.84. The van der Waals surface area contributed by atoms with E-state index in [1.807, 2.05) is 0 Å². The summed E-state index contributed by atoms with van der Waals surface area (Å²) in [5.41, 5.74) is 0.800. The van der Waals surface area contributed by atoms with Crippen LogP contribution in [0.3, 0.4) is 0 Å². The zero-order valence-electron chi connectivity index (χ0n) is 11.2. The fourth-order valence-electron chi connectivity index (χ4n) is 1.66. The Morgan fingerprint density at radius 2 is 2.20 bits per heavy atom. The van der Waals surface area contributed by atoms with Gasteiger partial charge in [-0.1, -0.05) is 0 Å². The van der Waals surface area contributed by atoms with Crippen LogP contribution in [0.25, 0.3) is 0 Å². The molecule has 2 aromatic heterocycles. The zero-order chi connectivity index (χ0) is 14.9. The molecule has 0 saturated carbocycles. The third-order valence-corrected chi connectivity index (χ3v) is 3.79.